The Balaban J connectivity index is 1.69. The molecule has 7 nitrogen and oxygen atoms in total. The van der Waals surface area contributed by atoms with Crippen molar-refractivity contribution in [3.8, 4) is 0 Å². The second-order valence-electron chi connectivity index (χ2n) is 7.52. The molecule has 3 fully saturated rings. The lowest BCUT2D eigenvalue weighted by Gasteiger charge is -2.34. The van der Waals surface area contributed by atoms with Gasteiger partial charge >= 0.3 is 11.9 Å². The van der Waals surface area contributed by atoms with E-state index in [1.165, 1.54) is 6.92 Å². The first-order chi connectivity index (χ1) is 11.8. The molecule has 7 heteroatoms. The SMILES string of the molecule is C=C1C(=O)O[C@@H]2CCN3CC=C(COC(=O)[C@](C)(O)[C@]4(CO4)[C@@H]1C)[C@H]23. The van der Waals surface area contributed by atoms with Gasteiger partial charge in [0, 0.05) is 24.6 Å². The number of rotatable bonds is 0. The Morgan fingerprint density at radius 3 is 2.80 bits per heavy atom. The van der Waals surface area contributed by atoms with Gasteiger partial charge in [0.1, 0.15) is 18.3 Å². The lowest BCUT2D eigenvalue weighted by atomic mass is 9.76. The molecule has 5 atom stereocenters. The number of hydrogen-bond acceptors (Lipinski definition) is 7. The number of carbonyl (C=O) groups excluding carboxylic acids is 2. The third kappa shape index (κ3) is 2.29. The quantitative estimate of drug-likeness (QED) is 0.289. The number of cyclic esters (lactones) is 1. The Labute approximate surface area is 146 Å². The predicted molar refractivity (Wildman–Crippen MR) is 86.5 cm³/mol. The highest BCUT2D eigenvalue weighted by atomic mass is 16.6. The molecule has 0 amide bonds. The van der Waals surface area contributed by atoms with Gasteiger partial charge in [-0.25, -0.2) is 9.59 Å². The summed E-state index contributed by atoms with van der Waals surface area (Å²) >= 11 is 0. The molecule has 0 saturated carbocycles. The van der Waals surface area contributed by atoms with Crippen LogP contribution in [0.2, 0.25) is 0 Å². The summed E-state index contributed by atoms with van der Waals surface area (Å²) in [7, 11) is 0. The van der Waals surface area contributed by atoms with Crippen LogP contribution in [0.5, 0.6) is 0 Å². The van der Waals surface area contributed by atoms with Gasteiger partial charge in [0.15, 0.2) is 5.60 Å². The van der Waals surface area contributed by atoms with E-state index in [-0.39, 0.29) is 30.9 Å². The van der Waals surface area contributed by atoms with Gasteiger partial charge in [-0.05, 0) is 18.9 Å². The van der Waals surface area contributed by atoms with Gasteiger partial charge in [-0.15, -0.1) is 0 Å². The van der Waals surface area contributed by atoms with Crippen molar-refractivity contribution in [2.75, 3.05) is 26.3 Å². The maximum Gasteiger partial charge on any atom is 0.341 e. The van der Waals surface area contributed by atoms with E-state index in [9.17, 15) is 14.7 Å². The molecule has 0 aromatic carbocycles. The second-order valence-corrected chi connectivity index (χ2v) is 7.52. The van der Waals surface area contributed by atoms with Gasteiger partial charge in [0.2, 0.25) is 0 Å². The molecule has 0 radical (unpaired) electrons. The highest BCUT2D eigenvalue weighted by molar-refractivity contribution is 5.90. The molecule has 4 heterocycles. The van der Waals surface area contributed by atoms with Gasteiger partial charge in [0.25, 0.3) is 0 Å². The summed E-state index contributed by atoms with van der Waals surface area (Å²) in [4.78, 5) is 27.4. The average molecular weight is 349 g/mol. The molecular formula is C18H23NO6. The van der Waals surface area contributed by atoms with Crippen LogP contribution in [-0.2, 0) is 23.8 Å². The van der Waals surface area contributed by atoms with Crippen LogP contribution in [-0.4, -0.2) is 71.6 Å². The zero-order chi connectivity index (χ0) is 18.0. The number of nitrogens with zero attached hydrogens (tertiary/aromatic N) is 1. The molecule has 4 aliphatic heterocycles. The topological polar surface area (TPSA) is 88.6 Å². The van der Waals surface area contributed by atoms with Crippen LogP contribution in [0.15, 0.2) is 23.8 Å². The van der Waals surface area contributed by atoms with E-state index in [2.05, 4.69) is 11.5 Å². The highest BCUT2D eigenvalue weighted by Crippen LogP contribution is 2.48. The molecule has 0 aromatic heterocycles. The van der Waals surface area contributed by atoms with E-state index in [0.717, 1.165) is 25.1 Å². The van der Waals surface area contributed by atoms with Crippen LogP contribution >= 0.6 is 0 Å². The average Bonchev–Trinajstić information content (AvgIpc) is 3.17. The van der Waals surface area contributed by atoms with E-state index < -0.39 is 29.1 Å². The summed E-state index contributed by atoms with van der Waals surface area (Å²) in [6.07, 6.45) is 2.46. The summed E-state index contributed by atoms with van der Waals surface area (Å²) < 4.78 is 16.6. The molecule has 1 spiro atoms. The van der Waals surface area contributed by atoms with Gasteiger partial charge in [-0.2, -0.15) is 0 Å². The van der Waals surface area contributed by atoms with Crippen molar-refractivity contribution < 1.29 is 28.9 Å². The zero-order valence-corrected chi connectivity index (χ0v) is 14.5. The fourth-order valence-corrected chi connectivity index (χ4v) is 4.29. The number of epoxide rings is 1. The first-order valence-corrected chi connectivity index (χ1v) is 8.64. The summed E-state index contributed by atoms with van der Waals surface area (Å²) in [5, 5.41) is 10.8. The smallest absolute Gasteiger partial charge is 0.341 e. The van der Waals surface area contributed by atoms with Crippen LogP contribution in [0.3, 0.4) is 0 Å². The van der Waals surface area contributed by atoms with Crippen LogP contribution in [0, 0.1) is 5.92 Å². The summed E-state index contributed by atoms with van der Waals surface area (Å²) in [5.41, 5.74) is -1.97. The fraction of sp³-hybridized carbons (Fsp3) is 0.667. The van der Waals surface area contributed by atoms with Gasteiger partial charge in [-0.1, -0.05) is 19.6 Å². The van der Waals surface area contributed by atoms with E-state index >= 15 is 0 Å². The van der Waals surface area contributed by atoms with Crippen LogP contribution in [0.25, 0.3) is 0 Å². The molecule has 4 aliphatic rings. The van der Waals surface area contributed by atoms with E-state index in [1.54, 1.807) is 6.92 Å². The van der Waals surface area contributed by atoms with Crippen molar-refractivity contribution in [1.82, 2.24) is 4.90 Å². The minimum absolute atomic E-state index is 0.0737. The number of carbonyl (C=O) groups is 2. The summed E-state index contributed by atoms with van der Waals surface area (Å²) in [6, 6.07) is -0.0737. The molecule has 136 valence electrons. The molecule has 0 aromatic rings. The Kier molecular flexibility index (Phi) is 3.62. The van der Waals surface area contributed by atoms with Crippen molar-refractivity contribution in [3.63, 3.8) is 0 Å². The van der Waals surface area contributed by atoms with Gasteiger partial charge < -0.3 is 19.3 Å². The minimum Gasteiger partial charge on any atom is -0.459 e. The van der Waals surface area contributed by atoms with E-state index in [1.807, 2.05) is 6.08 Å². The Bertz CT molecular complexity index is 677. The number of aliphatic hydroxyl groups is 1. The van der Waals surface area contributed by atoms with Gasteiger partial charge in [0.05, 0.1) is 12.6 Å². The summed E-state index contributed by atoms with van der Waals surface area (Å²) in [5.74, 6) is -1.81. The standard InChI is InChI=1S/C18H23NO6/c1-10-11(2)18(9-24-18)17(3,22)16(21)23-8-12-4-6-19-7-5-13(14(12)19)25-15(10)20/h4,11,13-14,22H,1,5-9H2,2-3H3/t11-,13-,14-,17+,18+/m1/s1. The maximum atomic E-state index is 12.6. The minimum atomic E-state index is -1.87. The molecule has 1 N–H and O–H groups in total. The van der Waals surface area contributed by atoms with Crippen LogP contribution in [0.1, 0.15) is 20.3 Å². The van der Waals surface area contributed by atoms with Crippen molar-refractivity contribution in [2.24, 2.45) is 5.92 Å². The number of esters is 2. The zero-order valence-electron chi connectivity index (χ0n) is 14.5. The Morgan fingerprint density at radius 2 is 2.12 bits per heavy atom. The lowest BCUT2D eigenvalue weighted by molar-refractivity contribution is -0.173. The van der Waals surface area contributed by atoms with Crippen LogP contribution in [0.4, 0.5) is 0 Å². The first-order valence-electron chi connectivity index (χ1n) is 8.64. The highest BCUT2D eigenvalue weighted by Gasteiger charge is 2.67. The Hall–Kier alpha value is -1.70. The molecule has 0 unspecified atom stereocenters. The summed E-state index contributed by atoms with van der Waals surface area (Å²) in [6.45, 7) is 8.74. The fourth-order valence-electron chi connectivity index (χ4n) is 4.29. The van der Waals surface area contributed by atoms with Crippen molar-refractivity contribution in [1.29, 1.82) is 0 Å². The van der Waals surface area contributed by atoms with Gasteiger partial charge in [-0.3, -0.25) is 4.90 Å². The maximum absolute atomic E-state index is 12.6. The monoisotopic (exact) mass is 349 g/mol. The molecule has 0 aliphatic carbocycles. The lowest BCUT2D eigenvalue weighted by Crippen LogP contribution is -2.55. The normalized spacial score (nSPS) is 44.5. The van der Waals surface area contributed by atoms with E-state index in [4.69, 9.17) is 14.2 Å². The third-order valence-corrected chi connectivity index (χ3v) is 6.20. The molecule has 3 saturated heterocycles. The first kappa shape index (κ1) is 16.8. The number of ether oxygens (including phenoxy) is 3. The van der Waals surface area contributed by atoms with Crippen LogP contribution < -0.4 is 0 Å². The second kappa shape index (κ2) is 5.40. The largest absolute Gasteiger partial charge is 0.459 e. The molecule has 0 bridgehead atoms. The molecular weight excluding hydrogens is 326 g/mol. The predicted octanol–water partition coefficient (Wildman–Crippen LogP) is 0.182. The Morgan fingerprint density at radius 1 is 1.40 bits per heavy atom. The van der Waals surface area contributed by atoms with Crippen molar-refractivity contribution in [3.05, 3.63) is 23.8 Å². The van der Waals surface area contributed by atoms with E-state index in [0.29, 0.717) is 0 Å². The van der Waals surface area contributed by atoms with Crippen molar-refractivity contribution >= 4 is 11.9 Å². The molecule has 25 heavy (non-hydrogen) atoms. The van der Waals surface area contributed by atoms with Crippen molar-refractivity contribution in [2.45, 2.75) is 43.6 Å². The third-order valence-electron chi connectivity index (χ3n) is 6.20. The molecule has 4 rings (SSSR count). The number of hydrogen-bond donors (Lipinski definition) is 1.